The van der Waals surface area contributed by atoms with Crippen molar-refractivity contribution in [3.8, 4) is 0 Å². The summed E-state index contributed by atoms with van der Waals surface area (Å²) in [5, 5.41) is 0. The van der Waals surface area contributed by atoms with Crippen LogP contribution in [0.3, 0.4) is 0 Å². The second-order valence-corrected chi connectivity index (χ2v) is 4.50. The average molecular weight is 181 g/mol. The third-order valence-electron chi connectivity index (χ3n) is 3.54. The van der Waals surface area contributed by atoms with E-state index in [1.54, 1.807) is 0 Å². The molecule has 0 aromatic heterocycles. The molecule has 3 rings (SSSR count). The number of piperidine rings is 3. The van der Waals surface area contributed by atoms with E-state index in [-0.39, 0.29) is 0 Å². The van der Waals surface area contributed by atoms with Crippen molar-refractivity contribution in [3.05, 3.63) is 0 Å². The van der Waals surface area contributed by atoms with E-state index in [1.165, 1.54) is 32.4 Å². The third kappa shape index (κ3) is 1.78. The molecule has 2 nitrogen and oxygen atoms in total. The molecule has 3 atom stereocenters. The van der Waals surface area contributed by atoms with Crippen molar-refractivity contribution in [1.82, 2.24) is 4.90 Å². The number of hydrogen-bond donors (Lipinski definition) is 0. The molecule has 3 aliphatic rings. The van der Waals surface area contributed by atoms with Gasteiger partial charge in [-0.1, -0.05) is 19.8 Å². The van der Waals surface area contributed by atoms with E-state index in [1.807, 2.05) is 0 Å². The monoisotopic (exact) mass is 181 g/mol. The minimum absolute atomic E-state index is 0.427. The lowest BCUT2D eigenvalue weighted by molar-refractivity contribution is -0.134. The van der Waals surface area contributed by atoms with Crippen LogP contribution < -0.4 is 0 Å². The fourth-order valence-electron chi connectivity index (χ4n) is 2.77. The summed E-state index contributed by atoms with van der Waals surface area (Å²) in [6.07, 6.45) is 4.95. The van der Waals surface area contributed by atoms with Crippen LogP contribution in [-0.4, -0.2) is 30.3 Å². The molecule has 2 heteroatoms. The maximum atomic E-state index is 11.6. The van der Waals surface area contributed by atoms with Crippen molar-refractivity contribution in [1.29, 1.82) is 0 Å². The minimum Gasteiger partial charge on any atom is -0.298 e. The number of Topliss-reactive ketones (excluding diaryl/α,β-unsaturated/α-hetero) is 1. The molecule has 74 valence electrons. The topological polar surface area (TPSA) is 20.3 Å². The first-order valence-electron chi connectivity index (χ1n) is 5.56. The zero-order valence-electron chi connectivity index (χ0n) is 8.46. The summed E-state index contributed by atoms with van der Waals surface area (Å²) in [6.45, 7) is 5.33. The Bertz CT molecular complexity index is 202. The fraction of sp³-hybridized carbons (Fsp3) is 0.909. The highest BCUT2D eigenvalue weighted by Crippen LogP contribution is 2.32. The SMILES string of the molecule is CCCCC1CN2CCC1C(=O)C2. The van der Waals surface area contributed by atoms with Crippen LogP contribution >= 0.6 is 0 Å². The minimum atomic E-state index is 0.427. The van der Waals surface area contributed by atoms with Crippen LogP contribution in [0.1, 0.15) is 32.6 Å². The number of ketones is 1. The summed E-state index contributed by atoms with van der Waals surface area (Å²) in [5.74, 6) is 1.63. The van der Waals surface area contributed by atoms with Gasteiger partial charge >= 0.3 is 0 Å². The first kappa shape index (κ1) is 9.20. The van der Waals surface area contributed by atoms with Crippen molar-refractivity contribution in [2.75, 3.05) is 19.6 Å². The highest BCUT2D eigenvalue weighted by atomic mass is 16.1. The standard InChI is InChI=1S/C11H19NO/c1-2-3-4-9-7-12-6-5-10(9)11(13)8-12/h9-10H,2-8H2,1H3. The van der Waals surface area contributed by atoms with E-state index in [2.05, 4.69) is 11.8 Å². The maximum Gasteiger partial charge on any atom is 0.150 e. The van der Waals surface area contributed by atoms with Gasteiger partial charge in [0, 0.05) is 12.5 Å². The summed E-state index contributed by atoms with van der Waals surface area (Å²) in [6, 6.07) is 0. The molecule has 0 saturated carbocycles. The van der Waals surface area contributed by atoms with Gasteiger partial charge in [0.25, 0.3) is 0 Å². The summed E-state index contributed by atoms with van der Waals surface area (Å²) in [4.78, 5) is 13.9. The fourth-order valence-corrected chi connectivity index (χ4v) is 2.77. The highest BCUT2D eigenvalue weighted by molar-refractivity contribution is 5.84. The van der Waals surface area contributed by atoms with Gasteiger partial charge in [-0.25, -0.2) is 0 Å². The molecule has 3 fully saturated rings. The van der Waals surface area contributed by atoms with Crippen LogP contribution in [-0.2, 0) is 4.79 Å². The number of fused-ring (bicyclic) bond motifs is 3. The number of rotatable bonds is 3. The zero-order valence-corrected chi connectivity index (χ0v) is 8.46. The van der Waals surface area contributed by atoms with Gasteiger partial charge in [0.05, 0.1) is 6.54 Å². The zero-order chi connectivity index (χ0) is 9.26. The molecule has 0 aromatic carbocycles. The molecule has 0 aromatic rings. The number of carbonyl (C=O) groups is 1. The van der Waals surface area contributed by atoms with E-state index in [0.717, 1.165) is 13.0 Å². The second kappa shape index (κ2) is 3.79. The molecule has 2 bridgehead atoms. The van der Waals surface area contributed by atoms with Gasteiger partial charge in [-0.3, -0.25) is 9.69 Å². The number of carbonyl (C=O) groups excluding carboxylic acids is 1. The van der Waals surface area contributed by atoms with Crippen LogP contribution in [0.25, 0.3) is 0 Å². The van der Waals surface area contributed by atoms with E-state index in [4.69, 9.17) is 0 Å². The van der Waals surface area contributed by atoms with Crippen LogP contribution in [0, 0.1) is 11.8 Å². The molecule has 3 saturated heterocycles. The van der Waals surface area contributed by atoms with E-state index >= 15 is 0 Å². The Morgan fingerprint density at radius 2 is 2.38 bits per heavy atom. The van der Waals surface area contributed by atoms with E-state index < -0.39 is 0 Å². The predicted molar refractivity (Wildman–Crippen MR) is 52.6 cm³/mol. The van der Waals surface area contributed by atoms with Crippen molar-refractivity contribution in [3.63, 3.8) is 0 Å². The van der Waals surface area contributed by atoms with Gasteiger partial charge in [0.15, 0.2) is 0 Å². The quantitative estimate of drug-likeness (QED) is 0.660. The van der Waals surface area contributed by atoms with E-state index in [9.17, 15) is 4.79 Å². The molecule has 3 aliphatic heterocycles. The lowest BCUT2D eigenvalue weighted by Gasteiger charge is -2.43. The van der Waals surface area contributed by atoms with Crippen LogP contribution in [0.15, 0.2) is 0 Å². The Balaban J connectivity index is 1.94. The summed E-state index contributed by atoms with van der Waals surface area (Å²) in [5.41, 5.74) is 0. The smallest absolute Gasteiger partial charge is 0.150 e. The lowest BCUT2D eigenvalue weighted by atomic mass is 9.76. The Labute approximate surface area is 80.3 Å². The lowest BCUT2D eigenvalue weighted by Crippen LogP contribution is -2.53. The highest BCUT2D eigenvalue weighted by Gasteiger charge is 2.39. The third-order valence-corrected chi connectivity index (χ3v) is 3.54. The molecule has 0 N–H and O–H groups in total. The summed E-state index contributed by atoms with van der Waals surface area (Å²) < 4.78 is 0. The summed E-state index contributed by atoms with van der Waals surface area (Å²) >= 11 is 0. The Morgan fingerprint density at radius 1 is 1.54 bits per heavy atom. The van der Waals surface area contributed by atoms with Gasteiger partial charge in [0.1, 0.15) is 5.78 Å². The molecule has 13 heavy (non-hydrogen) atoms. The first-order valence-corrected chi connectivity index (χ1v) is 5.56. The largest absolute Gasteiger partial charge is 0.298 e. The first-order chi connectivity index (χ1) is 6.31. The molecule has 3 heterocycles. The number of nitrogens with zero attached hydrogens (tertiary/aromatic N) is 1. The Hall–Kier alpha value is -0.370. The molecule has 3 unspecified atom stereocenters. The Morgan fingerprint density at radius 3 is 3.00 bits per heavy atom. The average Bonchev–Trinajstić information content (AvgIpc) is 2.15. The second-order valence-electron chi connectivity index (χ2n) is 4.50. The number of hydrogen-bond acceptors (Lipinski definition) is 2. The summed E-state index contributed by atoms with van der Waals surface area (Å²) in [7, 11) is 0. The molecule has 0 aliphatic carbocycles. The van der Waals surface area contributed by atoms with Crippen molar-refractivity contribution >= 4 is 5.78 Å². The predicted octanol–water partition coefficient (Wildman–Crippen LogP) is 1.70. The van der Waals surface area contributed by atoms with E-state index in [0.29, 0.717) is 17.6 Å². The molecular weight excluding hydrogens is 162 g/mol. The van der Waals surface area contributed by atoms with Crippen molar-refractivity contribution in [2.45, 2.75) is 32.6 Å². The van der Waals surface area contributed by atoms with Gasteiger partial charge in [-0.2, -0.15) is 0 Å². The molecule has 0 spiro atoms. The van der Waals surface area contributed by atoms with Gasteiger partial charge < -0.3 is 0 Å². The van der Waals surface area contributed by atoms with Gasteiger partial charge in [0.2, 0.25) is 0 Å². The normalized spacial score (nSPS) is 38.2. The molecular formula is C11H19NO. The van der Waals surface area contributed by atoms with Crippen LogP contribution in [0.2, 0.25) is 0 Å². The Kier molecular flexibility index (Phi) is 2.68. The van der Waals surface area contributed by atoms with Crippen molar-refractivity contribution < 1.29 is 4.79 Å². The maximum absolute atomic E-state index is 11.6. The van der Waals surface area contributed by atoms with Gasteiger partial charge in [-0.15, -0.1) is 0 Å². The van der Waals surface area contributed by atoms with Crippen LogP contribution in [0.5, 0.6) is 0 Å². The van der Waals surface area contributed by atoms with Gasteiger partial charge in [-0.05, 0) is 25.3 Å². The number of unbranched alkanes of at least 4 members (excludes halogenated alkanes) is 1. The van der Waals surface area contributed by atoms with Crippen LogP contribution in [0.4, 0.5) is 0 Å². The molecule has 0 amide bonds. The molecule has 0 radical (unpaired) electrons. The van der Waals surface area contributed by atoms with Crippen molar-refractivity contribution in [2.24, 2.45) is 11.8 Å².